The van der Waals surface area contributed by atoms with Gasteiger partial charge in [-0.2, -0.15) is 0 Å². The van der Waals surface area contributed by atoms with Crippen LogP contribution in [0.3, 0.4) is 0 Å². The average molecular weight is 302 g/mol. The first kappa shape index (κ1) is 13.2. The maximum absolute atomic E-state index is 10.2. The second-order valence-corrected chi connectivity index (χ2v) is 6.07. The number of fused-ring (bicyclic) bond motifs is 1. The molecule has 1 heterocycles. The zero-order valence-electron chi connectivity index (χ0n) is 10.2. The number of halogens is 2. The number of aliphatic hydroxyl groups is 2. The molecule has 3 rings (SSSR count). The predicted octanol–water partition coefficient (Wildman–Crippen LogP) is 2.23. The van der Waals surface area contributed by atoms with Crippen molar-refractivity contribution in [3.8, 4) is 0 Å². The van der Waals surface area contributed by atoms with Gasteiger partial charge in [-0.3, -0.25) is 0 Å². The molecule has 1 saturated carbocycles. The summed E-state index contributed by atoms with van der Waals surface area (Å²) in [6, 6.07) is 5.15. The van der Waals surface area contributed by atoms with Crippen LogP contribution in [0.1, 0.15) is 18.9 Å². The number of benzene rings is 1. The van der Waals surface area contributed by atoms with Crippen molar-refractivity contribution in [2.24, 2.45) is 11.1 Å². The lowest BCUT2D eigenvalue weighted by atomic mass is 9.91. The third-order valence-corrected chi connectivity index (χ3v) is 4.41. The van der Waals surface area contributed by atoms with Crippen LogP contribution in [0, 0.1) is 5.92 Å². The maximum atomic E-state index is 10.2. The van der Waals surface area contributed by atoms with Gasteiger partial charge in [0.25, 0.3) is 0 Å². The molecule has 0 amide bonds. The Balaban J connectivity index is 2.05. The van der Waals surface area contributed by atoms with Gasteiger partial charge in [-0.15, -0.1) is 0 Å². The van der Waals surface area contributed by atoms with Gasteiger partial charge in [-0.1, -0.05) is 34.4 Å². The summed E-state index contributed by atoms with van der Waals surface area (Å²) in [5.74, 6) is -0.410. The summed E-state index contributed by atoms with van der Waals surface area (Å²) in [6.07, 6.45) is -1.05. The lowest BCUT2D eigenvalue weighted by molar-refractivity contribution is -0.0738. The van der Waals surface area contributed by atoms with Crippen molar-refractivity contribution in [3.05, 3.63) is 33.8 Å². The highest BCUT2D eigenvalue weighted by atomic mass is 35.5. The molecule has 1 aliphatic heterocycles. The Morgan fingerprint density at radius 2 is 2.00 bits per heavy atom. The van der Waals surface area contributed by atoms with Crippen molar-refractivity contribution in [1.29, 1.82) is 0 Å². The van der Waals surface area contributed by atoms with Gasteiger partial charge in [0.1, 0.15) is 5.60 Å². The van der Waals surface area contributed by atoms with Crippen molar-refractivity contribution in [2.45, 2.75) is 31.2 Å². The van der Waals surface area contributed by atoms with E-state index in [1.807, 2.05) is 0 Å². The predicted molar refractivity (Wildman–Crippen MR) is 72.6 cm³/mol. The second kappa shape index (κ2) is 4.35. The number of aliphatic hydroxyl groups excluding tert-OH is 1. The highest BCUT2D eigenvalue weighted by Gasteiger charge is 2.57. The summed E-state index contributed by atoms with van der Waals surface area (Å²) in [5.41, 5.74) is -0.0377. The first-order valence-corrected chi connectivity index (χ1v) is 6.76. The van der Waals surface area contributed by atoms with Gasteiger partial charge in [-0.05, 0) is 19.1 Å². The van der Waals surface area contributed by atoms with E-state index in [4.69, 9.17) is 28.0 Å². The molecule has 1 aromatic rings. The Morgan fingerprint density at radius 3 is 2.63 bits per heavy atom. The molecular weight excluding hydrogens is 289 g/mol. The van der Waals surface area contributed by atoms with Gasteiger partial charge in [0, 0.05) is 12.0 Å². The van der Waals surface area contributed by atoms with Crippen LogP contribution in [-0.4, -0.2) is 33.7 Å². The number of rotatable bonds is 1. The Labute approximate surface area is 120 Å². The zero-order chi connectivity index (χ0) is 13.8. The van der Waals surface area contributed by atoms with E-state index in [2.05, 4.69) is 5.16 Å². The quantitative estimate of drug-likeness (QED) is 0.836. The van der Waals surface area contributed by atoms with Crippen LogP contribution < -0.4 is 0 Å². The van der Waals surface area contributed by atoms with Crippen LogP contribution >= 0.6 is 23.2 Å². The molecule has 2 aliphatic rings. The molecule has 6 heteroatoms. The molecule has 19 heavy (non-hydrogen) atoms. The van der Waals surface area contributed by atoms with E-state index in [1.54, 1.807) is 25.1 Å². The average Bonchev–Trinajstić information content (AvgIpc) is 2.81. The van der Waals surface area contributed by atoms with Crippen LogP contribution in [0.4, 0.5) is 0 Å². The number of oxime groups is 1. The van der Waals surface area contributed by atoms with E-state index in [0.29, 0.717) is 21.3 Å². The maximum Gasteiger partial charge on any atom is 0.166 e. The van der Waals surface area contributed by atoms with Crippen molar-refractivity contribution in [1.82, 2.24) is 0 Å². The normalized spacial score (nSPS) is 36.9. The highest BCUT2D eigenvalue weighted by molar-refractivity contribution is 6.40. The summed E-state index contributed by atoms with van der Waals surface area (Å²) in [6.45, 7) is 1.63. The molecule has 102 valence electrons. The molecule has 0 spiro atoms. The molecule has 4 atom stereocenters. The van der Waals surface area contributed by atoms with Crippen LogP contribution in [0.25, 0.3) is 0 Å². The van der Waals surface area contributed by atoms with Gasteiger partial charge in [0.2, 0.25) is 0 Å². The molecule has 0 radical (unpaired) electrons. The Morgan fingerprint density at radius 1 is 1.37 bits per heavy atom. The molecule has 0 bridgehead atoms. The topological polar surface area (TPSA) is 62.0 Å². The van der Waals surface area contributed by atoms with Crippen LogP contribution in [0.15, 0.2) is 23.4 Å². The molecular formula is C13H13Cl2NO3. The van der Waals surface area contributed by atoms with E-state index >= 15 is 0 Å². The number of hydrogen-bond donors (Lipinski definition) is 2. The minimum absolute atomic E-state index is 0.240. The molecule has 4 nitrogen and oxygen atoms in total. The molecule has 0 unspecified atom stereocenters. The Hall–Kier alpha value is -0.810. The first-order chi connectivity index (χ1) is 8.92. The summed E-state index contributed by atoms with van der Waals surface area (Å²) in [4.78, 5) is 5.30. The lowest BCUT2D eigenvalue weighted by Gasteiger charge is -2.21. The fourth-order valence-corrected chi connectivity index (χ4v) is 3.48. The second-order valence-electron chi connectivity index (χ2n) is 5.25. The fourth-order valence-electron chi connectivity index (χ4n) is 2.89. The van der Waals surface area contributed by atoms with E-state index < -0.39 is 23.7 Å². The minimum atomic E-state index is -1.11. The van der Waals surface area contributed by atoms with E-state index in [0.717, 1.165) is 0 Å². The molecule has 2 N–H and O–H groups in total. The van der Waals surface area contributed by atoms with Crippen LogP contribution in [0.2, 0.25) is 10.0 Å². The third-order valence-electron chi connectivity index (χ3n) is 3.78. The summed E-state index contributed by atoms with van der Waals surface area (Å²) in [7, 11) is 0. The van der Waals surface area contributed by atoms with Crippen molar-refractivity contribution < 1.29 is 15.1 Å². The third kappa shape index (κ3) is 1.94. The van der Waals surface area contributed by atoms with E-state index in [-0.39, 0.29) is 6.42 Å². The van der Waals surface area contributed by atoms with Gasteiger partial charge >= 0.3 is 0 Å². The molecule has 1 aliphatic carbocycles. The molecule has 1 aromatic carbocycles. The molecule has 1 fully saturated rings. The number of nitrogens with zero attached hydrogens (tertiary/aromatic N) is 1. The minimum Gasteiger partial charge on any atom is -0.392 e. The largest absolute Gasteiger partial charge is 0.392 e. The monoisotopic (exact) mass is 301 g/mol. The zero-order valence-corrected chi connectivity index (χ0v) is 11.7. The summed E-state index contributed by atoms with van der Waals surface area (Å²) < 4.78 is 0. The first-order valence-electron chi connectivity index (χ1n) is 6.00. The van der Waals surface area contributed by atoms with Gasteiger partial charge in [0.05, 0.1) is 27.8 Å². The summed E-state index contributed by atoms with van der Waals surface area (Å²) in [5, 5.41) is 25.2. The molecule has 0 aromatic heterocycles. The standard InChI is InChI=1S/C13H13Cl2NO3/c1-13(18)5-8(17)10-11(16-19-12(10)13)9-6(14)3-2-4-7(9)15/h2-4,8,10,12,17-18H,5H2,1H3/t8-,10-,12+,13+/m1/s1. The SMILES string of the molecule is C[C@]1(O)C[C@@H](O)[C@@H]2C(c3c(Cl)cccc3Cl)=NO[C@@H]21. The highest BCUT2D eigenvalue weighted by Crippen LogP contribution is 2.44. The van der Waals surface area contributed by atoms with Gasteiger partial charge in [0.15, 0.2) is 6.10 Å². The van der Waals surface area contributed by atoms with Crippen molar-refractivity contribution in [3.63, 3.8) is 0 Å². The van der Waals surface area contributed by atoms with Gasteiger partial charge in [-0.25, -0.2) is 0 Å². The van der Waals surface area contributed by atoms with Gasteiger partial charge < -0.3 is 15.1 Å². The van der Waals surface area contributed by atoms with Crippen LogP contribution in [0.5, 0.6) is 0 Å². The Kier molecular flexibility index (Phi) is 3.02. The number of hydrogen-bond acceptors (Lipinski definition) is 4. The smallest absolute Gasteiger partial charge is 0.166 e. The molecule has 0 saturated heterocycles. The lowest BCUT2D eigenvalue weighted by Crippen LogP contribution is -2.37. The van der Waals surface area contributed by atoms with Crippen molar-refractivity contribution >= 4 is 28.9 Å². The summed E-state index contributed by atoms with van der Waals surface area (Å²) >= 11 is 12.3. The van der Waals surface area contributed by atoms with E-state index in [9.17, 15) is 10.2 Å². The van der Waals surface area contributed by atoms with Crippen LogP contribution in [-0.2, 0) is 4.84 Å². The fraction of sp³-hybridized carbons (Fsp3) is 0.462. The van der Waals surface area contributed by atoms with Crippen molar-refractivity contribution in [2.75, 3.05) is 0 Å². The van der Waals surface area contributed by atoms with E-state index in [1.165, 1.54) is 0 Å². The Bertz CT molecular complexity index is 539.